The minimum absolute atomic E-state index is 0.0289. The summed E-state index contributed by atoms with van der Waals surface area (Å²) in [6.07, 6.45) is 1.67. The van der Waals surface area contributed by atoms with Gasteiger partial charge in [0, 0.05) is 28.1 Å². The van der Waals surface area contributed by atoms with Crippen molar-refractivity contribution in [3.05, 3.63) is 104 Å². The predicted molar refractivity (Wildman–Crippen MR) is 128 cm³/mol. The normalized spacial score (nSPS) is 10.9. The number of nitro groups is 1. The largest absolute Gasteiger partial charge is 0.489 e. The lowest BCUT2D eigenvalue weighted by atomic mass is 10.1. The molecule has 160 valence electrons. The molecule has 0 aliphatic heterocycles. The molecule has 0 aliphatic carbocycles. The third-order valence-corrected chi connectivity index (χ3v) is 5.41. The molecule has 9 heteroatoms. The van der Waals surface area contributed by atoms with Crippen molar-refractivity contribution in [2.45, 2.75) is 6.61 Å². The van der Waals surface area contributed by atoms with Gasteiger partial charge in [-0.05, 0) is 35.4 Å². The molecule has 0 unspecified atom stereocenters. The Morgan fingerprint density at radius 3 is 2.75 bits per heavy atom. The number of hydrogen-bond donors (Lipinski definition) is 1. The lowest BCUT2D eigenvalue weighted by Gasteiger charge is -2.07. The fourth-order valence-corrected chi connectivity index (χ4v) is 3.62. The molecular weight excluding hydrogens is 448 g/mol. The van der Waals surface area contributed by atoms with Gasteiger partial charge in [-0.1, -0.05) is 48.0 Å². The molecule has 0 spiro atoms. The van der Waals surface area contributed by atoms with Gasteiger partial charge in [-0.15, -0.1) is 11.3 Å². The number of nitrogens with zero attached hydrogens (tertiary/aromatic N) is 3. The minimum atomic E-state index is -0.424. The zero-order valence-electron chi connectivity index (χ0n) is 16.6. The summed E-state index contributed by atoms with van der Waals surface area (Å²) in [5.41, 5.74) is 6.14. The molecule has 4 aromatic rings. The van der Waals surface area contributed by atoms with Crippen LogP contribution in [0.3, 0.4) is 0 Å². The average molecular weight is 465 g/mol. The van der Waals surface area contributed by atoms with Gasteiger partial charge < -0.3 is 4.74 Å². The van der Waals surface area contributed by atoms with Gasteiger partial charge in [-0.25, -0.2) is 4.98 Å². The van der Waals surface area contributed by atoms with E-state index < -0.39 is 4.92 Å². The molecule has 7 nitrogen and oxygen atoms in total. The summed E-state index contributed by atoms with van der Waals surface area (Å²) in [7, 11) is 0. The zero-order valence-corrected chi connectivity index (χ0v) is 18.2. The fourth-order valence-electron chi connectivity index (χ4n) is 2.83. The van der Waals surface area contributed by atoms with Gasteiger partial charge in [0.2, 0.25) is 5.13 Å². The number of benzene rings is 3. The van der Waals surface area contributed by atoms with E-state index in [4.69, 9.17) is 16.3 Å². The van der Waals surface area contributed by atoms with Gasteiger partial charge in [-0.3, -0.25) is 15.5 Å². The summed E-state index contributed by atoms with van der Waals surface area (Å²) >= 11 is 7.27. The summed E-state index contributed by atoms with van der Waals surface area (Å²) in [4.78, 5) is 15.0. The standard InChI is InChI=1S/C23H17ClN4O3S/c24-19-9-7-16(8-10-19)14-31-21-6-1-3-17(11-21)13-25-27-23-26-22(15-32-23)18-4-2-5-20(12-18)28(29)30/h1-13,15H,14H2,(H,26,27)/b25-13-. The summed E-state index contributed by atoms with van der Waals surface area (Å²) < 4.78 is 5.83. The van der Waals surface area contributed by atoms with Crippen LogP contribution in [0.25, 0.3) is 11.3 Å². The molecule has 3 aromatic carbocycles. The third kappa shape index (κ3) is 5.69. The van der Waals surface area contributed by atoms with Crippen LogP contribution in [0.5, 0.6) is 5.75 Å². The molecule has 1 heterocycles. The van der Waals surface area contributed by atoms with Crippen LogP contribution in [0.1, 0.15) is 11.1 Å². The second-order valence-corrected chi connectivity index (χ2v) is 8.00. The molecule has 0 bridgehead atoms. The Hall–Kier alpha value is -3.75. The van der Waals surface area contributed by atoms with Crippen molar-refractivity contribution < 1.29 is 9.66 Å². The minimum Gasteiger partial charge on any atom is -0.489 e. The first-order valence-corrected chi connectivity index (χ1v) is 10.8. The number of ether oxygens (including phenoxy) is 1. The highest BCUT2D eigenvalue weighted by Gasteiger charge is 2.09. The lowest BCUT2D eigenvalue weighted by molar-refractivity contribution is -0.384. The van der Waals surface area contributed by atoms with Crippen LogP contribution in [-0.2, 0) is 6.61 Å². The SMILES string of the molecule is O=[N+]([O-])c1cccc(-c2csc(N/N=C\c3cccc(OCc4ccc(Cl)cc4)c3)n2)c1. The number of nitro benzene ring substituents is 1. The number of halogens is 1. The first kappa shape index (κ1) is 21.5. The number of nitrogens with one attached hydrogen (secondary N) is 1. The lowest BCUT2D eigenvalue weighted by Crippen LogP contribution is -1.96. The van der Waals surface area contributed by atoms with Crippen molar-refractivity contribution >= 4 is 40.0 Å². The molecule has 0 saturated heterocycles. The second-order valence-electron chi connectivity index (χ2n) is 6.70. The Labute approximate surface area is 193 Å². The van der Waals surface area contributed by atoms with Crippen molar-refractivity contribution in [1.82, 2.24) is 4.98 Å². The van der Waals surface area contributed by atoms with Crippen molar-refractivity contribution in [1.29, 1.82) is 0 Å². The molecule has 0 atom stereocenters. The summed E-state index contributed by atoms with van der Waals surface area (Å²) in [5.74, 6) is 0.728. The summed E-state index contributed by atoms with van der Waals surface area (Å²) in [5, 5.41) is 18.3. The van der Waals surface area contributed by atoms with E-state index in [2.05, 4.69) is 15.5 Å². The number of thiazole rings is 1. The van der Waals surface area contributed by atoms with Gasteiger partial charge in [0.15, 0.2) is 0 Å². The smallest absolute Gasteiger partial charge is 0.270 e. The maximum atomic E-state index is 11.0. The number of hydrazone groups is 1. The highest BCUT2D eigenvalue weighted by atomic mass is 35.5. The van der Waals surface area contributed by atoms with Crippen molar-refractivity contribution in [2.24, 2.45) is 5.10 Å². The van der Waals surface area contributed by atoms with Crippen LogP contribution < -0.4 is 10.2 Å². The van der Waals surface area contributed by atoms with Crippen LogP contribution in [-0.4, -0.2) is 16.1 Å². The van der Waals surface area contributed by atoms with Crippen molar-refractivity contribution in [3.63, 3.8) is 0 Å². The van der Waals surface area contributed by atoms with Gasteiger partial charge >= 0.3 is 0 Å². The molecule has 4 rings (SSSR count). The number of anilines is 1. The number of hydrogen-bond acceptors (Lipinski definition) is 7. The highest BCUT2D eigenvalue weighted by Crippen LogP contribution is 2.27. The van der Waals surface area contributed by atoms with Crippen molar-refractivity contribution in [2.75, 3.05) is 5.43 Å². The summed E-state index contributed by atoms with van der Waals surface area (Å²) in [6.45, 7) is 0.440. The van der Waals surface area contributed by atoms with Crippen LogP contribution in [0.2, 0.25) is 5.02 Å². The second kappa shape index (κ2) is 10.0. The van der Waals surface area contributed by atoms with E-state index in [0.29, 0.717) is 28.0 Å². The Balaban J connectivity index is 1.36. The maximum Gasteiger partial charge on any atom is 0.270 e. The fraction of sp³-hybridized carbons (Fsp3) is 0.0435. The van der Waals surface area contributed by atoms with E-state index in [-0.39, 0.29) is 5.69 Å². The Bertz CT molecular complexity index is 1260. The molecular formula is C23H17ClN4O3S. The van der Waals surface area contributed by atoms with E-state index >= 15 is 0 Å². The highest BCUT2D eigenvalue weighted by molar-refractivity contribution is 7.14. The molecule has 1 N–H and O–H groups in total. The van der Waals surface area contributed by atoms with Gasteiger partial charge in [-0.2, -0.15) is 5.10 Å². The number of non-ortho nitro benzene ring substituents is 1. The van der Waals surface area contributed by atoms with Crippen LogP contribution in [0, 0.1) is 10.1 Å². The quantitative estimate of drug-likeness (QED) is 0.185. The first-order valence-electron chi connectivity index (χ1n) is 9.53. The predicted octanol–water partition coefficient (Wildman–Crippen LogP) is 6.40. The van der Waals surface area contributed by atoms with Gasteiger partial charge in [0.05, 0.1) is 16.8 Å². The first-order chi connectivity index (χ1) is 15.6. The van der Waals surface area contributed by atoms with Crippen LogP contribution in [0.15, 0.2) is 83.3 Å². The monoisotopic (exact) mass is 464 g/mol. The average Bonchev–Trinajstić information content (AvgIpc) is 3.28. The van der Waals surface area contributed by atoms with E-state index in [1.54, 1.807) is 18.3 Å². The molecule has 0 amide bonds. The molecule has 0 saturated carbocycles. The van der Waals surface area contributed by atoms with E-state index in [1.807, 2.05) is 53.9 Å². The maximum absolute atomic E-state index is 11.0. The van der Waals surface area contributed by atoms with Crippen LogP contribution in [0.4, 0.5) is 10.8 Å². The van der Waals surface area contributed by atoms with E-state index in [0.717, 1.165) is 16.9 Å². The summed E-state index contributed by atoms with van der Waals surface area (Å²) in [6, 6.07) is 21.5. The molecule has 32 heavy (non-hydrogen) atoms. The van der Waals surface area contributed by atoms with E-state index in [1.165, 1.54) is 23.5 Å². The van der Waals surface area contributed by atoms with Gasteiger partial charge in [0.25, 0.3) is 5.69 Å². The third-order valence-electron chi connectivity index (χ3n) is 4.41. The Morgan fingerprint density at radius 1 is 1.12 bits per heavy atom. The zero-order chi connectivity index (χ0) is 22.3. The van der Waals surface area contributed by atoms with E-state index in [9.17, 15) is 10.1 Å². The molecule has 1 aromatic heterocycles. The Kier molecular flexibility index (Phi) is 6.74. The Morgan fingerprint density at radius 2 is 1.94 bits per heavy atom. The molecule has 0 radical (unpaired) electrons. The number of rotatable bonds is 8. The molecule has 0 aliphatic rings. The van der Waals surface area contributed by atoms with Gasteiger partial charge in [0.1, 0.15) is 12.4 Å². The van der Waals surface area contributed by atoms with Crippen LogP contribution >= 0.6 is 22.9 Å². The van der Waals surface area contributed by atoms with Crippen molar-refractivity contribution in [3.8, 4) is 17.0 Å². The molecule has 0 fully saturated rings. The topological polar surface area (TPSA) is 89.7 Å². The number of aromatic nitrogens is 1.